The van der Waals surface area contributed by atoms with Gasteiger partial charge < -0.3 is 55.9 Å². The van der Waals surface area contributed by atoms with Crippen molar-refractivity contribution in [3.63, 3.8) is 0 Å². The molecule has 25 heteroatoms. The number of thioether (sulfide) groups is 1. The number of nitrogen functional groups attached to an aromatic ring is 1. The summed E-state index contributed by atoms with van der Waals surface area (Å²) in [5.41, 5.74) is 10.8. The maximum Gasteiger partial charge on any atom is 0.481 e. The molecule has 0 amide bonds. The number of esters is 2. The zero-order chi connectivity index (χ0) is 58.5. The van der Waals surface area contributed by atoms with Crippen LogP contribution in [-0.2, 0) is 51.1 Å². The van der Waals surface area contributed by atoms with Gasteiger partial charge in [-0.05, 0) is 50.5 Å². The third-order valence-corrected chi connectivity index (χ3v) is 16.6. The predicted molar refractivity (Wildman–Crippen MR) is 303 cm³/mol. The fourth-order valence-electron chi connectivity index (χ4n) is 8.10. The van der Waals surface area contributed by atoms with E-state index in [4.69, 9.17) is 39.8 Å². The number of ether oxygens (including phenoxy) is 3. The fraction of sp³-hybridized carbons (Fsp3) is 0.722. The smallest absolute Gasteiger partial charge is 0.481 e. The van der Waals surface area contributed by atoms with Crippen LogP contribution < -0.4 is 17.2 Å². The van der Waals surface area contributed by atoms with Gasteiger partial charge in [0.1, 0.15) is 36.8 Å². The van der Waals surface area contributed by atoms with E-state index in [1.54, 1.807) is 18.2 Å². The van der Waals surface area contributed by atoms with E-state index in [2.05, 4.69) is 42.2 Å². The normalized spacial score (nSPS) is 20.0. The van der Waals surface area contributed by atoms with E-state index < -0.39 is 107 Å². The maximum atomic E-state index is 13.4. The largest absolute Gasteiger partial charge is 0.481 e. The number of hydrogen-bond donors (Lipinski definition) is 8. The molecule has 0 aromatic carbocycles. The minimum atomic E-state index is -5.58. The molecular formula is C54H92N4O18P2S. The Morgan fingerprint density at radius 3 is 2.08 bits per heavy atom. The number of rotatable bonds is 46. The van der Waals surface area contributed by atoms with Gasteiger partial charge in [-0.2, -0.15) is 9.29 Å². The second kappa shape index (κ2) is 41.4. The first-order valence-corrected chi connectivity index (χ1v) is 32.0. The number of nitrogens with two attached hydrogens (primary N) is 2. The summed E-state index contributed by atoms with van der Waals surface area (Å²) < 4.78 is 57.1. The minimum Gasteiger partial charge on any atom is -0.481 e. The number of phosphoric acid groups is 2. The molecule has 1 aliphatic rings. The van der Waals surface area contributed by atoms with Crippen molar-refractivity contribution in [1.82, 2.24) is 9.55 Å². The van der Waals surface area contributed by atoms with E-state index >= 15 is 0 Å². The van der Waals surface area contributed by atoms with Crippen molar-refractivity contribution in [2.75, 3.05) is 31.3 Å². The summed E-state index contributed by atoms with van der Waals surface area (Å²) in [6.07, 6.45) is 28.2. The first-order chi connectivity index (χ1) is 37.6. The number of allylic oxidation sites excluding steroid dienone is 7. The summed E-state index contributed by atoms with van der Waals surface area (Å²) in [4.78, 5) is 74.1. The lowest BCUT2D eigenvalue weighted by atomic mass is 10.0. The highest BCUT2D eigenvalue weighted by Crippen LogP contribution is 2.60. The molecule has 1 aromatic heterocycles. The molecule has 0 spiro atoms. The SMILES string of the molecule is CCCCC/C=C\C\C=C/C=C/C=C/[C@@H](SC[C@H](N)C(=O)O[C@H](COC(=O)CCCCCCCCCCCCCCCC(C)C)COP(=O)(O)OP(=O)(O)OC[C@H]1O[C@@H](n2ccc(N)nc2=O)[C@H](O)[C@@H]1O)[C@@H](O)CCCC(=O)O. The number of aromatic nitrogens is 2. The van der Waals surface area contributed by atoms with Crippen molar-refractivity contribution in [1.29, 1.82) is 0 Å². The first kappa shape index (κ1) is 71.6. The van der Waals surface area contributed by atoms with Gasteiger partial charge in [0, 0.05) is 30.0 Å². The van der Waals surface area contributed by atoms with Crippen LogP contribution in [0.15, 0.2) is 65.7 Å². The van der Waals surface area contributed by atoms with Crippen LogP contribution in [0.3, 0.4) is 0 Å². The highest BCUT2D eigenvalue weighted by atomic mass is 32.2. The zero-order valence-electron chi connectivity index (χ0n) is 46.5. The van der Waals surface area contributed by atoms with Gasteiger partial charge in [0.05, 0.1) is 19.3 Å². The van der Waals surface area contributed by atoms with Crippen molar-refractivity contribution >= 4 is 51.1 Å². The molecule has 1 aromatic rings. The Bertz CT molecular complexity index is 2160. The van der Waals surface area contributed by atoms with Crippen molar-refractivity contribution in [2.45, 2.75) is 216 Å². The number of carboxylic acid groups (broad SMARTS) is 1. The number of anilines is 1. The molecule has 2 rings (SSSR count). The third kappa shape index (κ3) is 33.9. The number of carbonyl (C=O) groups excluding carboxylic acids is 2. The molecule has 0 saturated carbocycles. The van der Waals surface area contributed by atoms with Gasteiger partial charge >= 0.3 is 39.2 Å². The summed E-state index contributed by atoms with van der Waals surface area (Å²) in [5, 5.41) is 40.5. The molecule has 1 fully saturated rings. The van der Waals surface area contributed by atoms with E-state index in [9.17, 15) is 53.4 Å². The molecule has 0 radical (unpaired) electrons. The van der Waals surface area contributed by atoms with Gasteiger partial charge in [0.15, 0.2) is 12.3 Å². The van der Waals surface area contributed by atoms with Gasteiger partial charge in [0.25, 0.3) is 0 Å². The minimum absolute atomic E-state index is 0.0258. The Morgan fingerprint density at radius 2 is 1.44 bits per heavy atom. The molecule has 2 unspecified atom stereocenters. The third-order valence-electron chi connectivity index (χ3n) is 12.6. The molecule has 22 nitrogen and oxygen atoms in total. The number of aliphatic carboxylic acids is 1. The first-order valence-electron chi connectivity index (χ1n) is 27.9. The van der Waals surface area contributed by atoms with E-state index in [0.717, 1.165) is 86.2 Å². The van der Waals surface area contributed by atoms with Crippen molar-refractivity contribution in [3.8, 4) is 0 Å². The van der Waals surface area contributed by atoms with Crippen molar-refractivity contribution < 1.29 is 81.3 Å². The monoisotopic (exact) mass is 1180 g/mol. The number of unbranched alkanes of at least 4 members (excludes halogenated alkanes) is 15. The molecule has 452 valence electrons. The lowest BCUT2D eigenvalue weighted by Crippen LogP contribution is -2.40. The van der Waals surface area contributed by atoms with E-state index in [0.29, 0.717) is 6.42 Å². The average Bonchev–Trinajstić information content (AvgIpc) is 3.72. The molecule has 10 N–H and O–H groups in total. The Morgan fingerprint density at radius 1 is 0.810 bits per heavy atom. The predicted octanol–water partition coefficient (Wildman–Crippen LogP) is 8.90. The Labute approximate surface area is 471 Å². The van der Waals surface area contributed by atoms with Crippen LogP contribution in [0.5, 0.6) is 0 Å². The quantitative estimate of drug-likeness (QED) is 0.00992. The van der Waals surface area contributed by atoms with Gasteiger partial charge in [-0.1, -0.05) is 166 Å². The van der Waals surface area contributed by atoms with Gasteiger partial charge in [0.2, 0.25) is 0 Å². The van der Waals surface area contributed by atoms with Crippen LogP contribution >= 0.6 is 27.4 Å². The lowest BCUT2D eigenvalue weighted by molar-refractivity contribution is -0.161. The average molecular weight is 1180 g/mol. The summed E-state index contributed by atoms with van der Waals surface area (Å²) in [5.74, 6) is -2.25. The van der Waals surface area contributed by atoms with Crippen LogP contribution in [0.4, 0.5) is 5.82 Å². The van der Waals surface area contributed by atoms with Crippen LogP contribution in [0.25, 0.3) is 0 Å². The summed E-state index contributed by atoms with van der Waals surface area (Å²) >= 11 is 1.09. The van der Waals surface area contributed by atoms with Gasteiger partial charge in [-0.25, -0.2) is 13.9 Å². The van der Waals surface area contributed by atoms with Crippen molar-refractivity contribution in [3.05, 3.63) is 71.4 Å². The molecule has 0 bridgehead atoms. The molecule has 0 aliphatic carbocycles. The Hall–Kier alpha value is -3.54. The second-order valence-electron chi connectivity index (χ2n) is 20.1. The second-order valence-corrected chi connectivity index (χ2v) is 24.4. The Kier molecular flexibility index (Phi) is 37.5. The summed E-state index contributed by atoms with van der Waals surface area (Å²) in [6, 6.07) is -0.159. The van der Waals surface area contributed by atoms with Crippen LogP contribution in [0.1, 0.15) is 175 Å². The van der Waals surface area contributed by atoms with Crippen LogP contribution in [-0.4, -0.2) is 125 Å². The lowest BCUT2D eigenvalue weighted by Gasteiger charge is -2.23. The van der Waals surface area contributed by atoms with Gasteiger partial charge in [-0.15, -0.1) is 11.8 Å². The fourth-order valence-corrected chi connectivity index (χ4v) is 11.3. The highest BCUT2D eigenvalue weighted by Gasteiger charge is 2.46. The highest BCUT2D eigenvalue weighted by molar-refractivity contribution is 8.00. The molecule has 1 aliphatic heterocycles. The summed E-state index contributed by atoms with van der Waals surface area (Å²) in [6.45, 7) is 3.95. The molecule has 10 atom stereocenters. The number of aliphatic hydroxyl groups is 3. The van der Waals surface area contributed by atoms with Gasteiger partial charge in [-0.3, -0.25) is 28.0 Å². The molecule has 1 saturated heterocycles. The topological polar surface area (TPSA) is 349 Å². The molecular weight excluding hydrogens is 1090 g/mol. The van der Waals surface area contributed by atoms with Crippen LogP contribution in [0, 0.1) is 5.92 Å². The number of hydrogen-bond acceptors (Lipinski definition) is 19. The zero-order valence-corrected chi connectivity index (χ0v) is 49.1. The molecule has 2 heterocycles. The Balaban J connectivity index is 2.04. The number of nitrogens with zero attached hydrogens (tertiary/aromatic N) is 2. The maximum absolute atomic E-state index is 13.4. The van der Waals surface area contributed by atoms with E-state index in [1.807, 2.05) is 18.2 Å². The van der Waals surface area contributed by atoms with E-state index in [-0.39, 0.29) is 37.3 Å². The number of carbonyl (C=O) groups is 3. The van der Waals surface area contributed by atoms with E-state index in [1.165, 1.54) is 63.9 Å². The van der Waals surface area contributed by atoms with Crippen molar-refractivity contribution in [2.24, 2.45) is 11.7 Å². The number of aliphatic hydroxyl groups excluding tert-OH is 3. The standard InChI is InChI=1S/C54H92N4O18P2S/c1-4-5-6-7-8-9-10-15-18-21-24-27-32-46(44(59)31-29-33-48(60)61)79-40-43(55)53(65)74-42(37-71-49(62)34-28-25-22-19-16-13-11-12-14-17-20-23-26-30-41(2)3)38-72-77(67,68)76-78(69,70)73-39-45-50(63)51(64)52(75-45)58-36-35-47(56)57-54(58)66/h8-9,15,18,21,24,27,32,35-36,41-46,50-52,59,63-64H,4-7,10-14,16-17,19-20,22-23,25-26,28-31,33-34,37-40,55H2,1-3H3,(H,60,61)(H,67,68)(H,69,70)(H2,56,57,66)/b9-8-,18-15-,24-21+,32-27+/t42-,43+,44+,45-,46-,50-,51-,52-/m1/s1. The molecule has 79 heavy (non-hydrogen) atoms. The number of phosphoric ester groups is 2. The number of carboxylic acids is 1. The summed E-state index contributed by atoms with van der Waals surface area (Å²) in [7, 11) is -11.1. The van der Waals surface area contributed by atoms with Crippen LogP contribution in [0.2, 0.25) is 0 Å².